The van der Waals surface area contributed by atoms with Crippen molar-refractivity contribution in [2.45, 2.75) is 50.0 Å². The first-order valence-electron chi connectivity index (χ1n) is 4.94. The van der Waals surface area contributed by atoms with Crippen LogP contribution in [0.3, 0.4) is 0 Å². The molecule has 5 heteroatoms. The summed E-state index contributed by atoms with van der Waals surface area (Å²) < 4.78 is 13.5. The molecule has 4 atom stereocenters. The van der Waals surface area contributed by atoms with Crippen LogP contribution in [0.5, 0.6) is 0 Å². The summed E-state index contributed by atoms with van der Waals surface area (Å²) in [5, 5.41) is 18.3. The van der Waals surface area contributed by atoms with Crippen LogP contribution in [0.1, 0.15) is 25.7 Å². The van der Waals surface area contributed by atoms with Crippen LogP contribution >= 0.6 is 0 Å². The lowest BCUT2D eigenvalue weighted by molar-refractivity contribution is -0.0715. The van der Waals surface area contributed by atoms with Crippen LogP contribution in [0.2, 0.25) is 0 Å². The van der Waals surface area contributed by atoms with E-state index in [1.165, 1.54) is 4.90 Å². The quantitative estimate of drug-likeness (QED) is 0.617. The van der Waals surface area contributed by atoms with E-state index in [4.69, 9.17) is 5.11 Å². The maximum atomic E-state index is 13.5. The first-order chi connectivity index (χ1) is 6.61. The third kappa shape index (κ3) is 1.35. The Bertz CT molecular complexity index is 248. The zero-order chi connectivity index (χ0) is 10.3. The van der Waals surface area contributed by atoms with Gasteiger partial charge < -0.3 is 10.2 Å². The molecule has 2 bridgehead atoms. The fourth-order valence-electron chi connectivity index (χ4n) is 2.62. The Hall–Kier alpha value is -0.840. The molecule has 0 spiro atoms. The highest BCUT2D eigenvalue weighted by Crippen LogP contribution is 2.35. The molecular weight excluding hydrogens is 189 g/mol. The molecule has 0 aromatic rings. The summed E-state index contributed by atoms with van der Waals surface area (Å²) in [4.78, 5) is 12.1. The van der Waals surface area contributed by atoms with Gasteiger partial charge in [-0.05, 0) is 25.7 Å². The van der Waals surface area contributed by atoms with E-state index in [1.54, 1.807) is 0 Å². The molecular formula is C9H14FNO3. The third-order valence-electron chi connectivity index (χ3n) is 3.26. The average Bonchev–Trinajstić information content (AvgIpc) is 2.14. The summed E-state index contributed by atoms with van der Waals surface area (Å²) in [7, 11) is 0. The molecule has 2 heterocycles. The van der Waals surface area contributed by atoms with Gasteiger partial charge in [-0.15, -0.1) is 0 Å². The highest BCUT2D eigenvalue weighted by atomic mass is 19.1. The Morgan fingerprint density at radius 3 is 2.79 bits per heavy atom. The van der Waals surface area contributed by atoms with Crippen LogP contribution in [0, 0.1) is 0 Å². The Kier molecular flexibility index (Phi) is 2.34. The molecule has 80 valence electrons. The number of alkyl halides is 1. The predicted molar refractivity (Wildman–Crippen MR) is 46.8 cm³/mol. The van der Waals surface area contributed by atoms with E-state index >= 15 is 0 Å². The molecule has 0 aromatic heterocycles. The number of amides is 1. The van der Waals surface area contributed by atoms with Crippen molar-refractivity contribution in [1.29, 1.82) is 0 Å². The van der Waals surface area contributed by atoms with Gasteiger partial charge in [0.1, 0.15) is 6.17 Å². The highest BCUT2D eigenvalue weighted by molar-refractivity contribution is 5.66. The summed E-state index contributed by atoms with van der Waals surface area (Å²) in [6.07, 6.45) is -1.10. The average molecular weight is 203 g/mol. The molecule has 4 nitrogen and oxygen atoms in total. The van der Waals surface area contributed by atoms with Crippen LogP contribution in [0.4, 0.5) is 9.18 Å². The molecule has 0 saturated carbocycles. The number of piperidine rings is 2. The molecule has 14 heavy (non-hydrogen) atoms. The van der Waals surface area contributed by atoms with Gasteiger partial charge >= 0.3 is 6.09 Å². The van der Waals surface area contributed by atoms with Gasteiger partial charge in [0.25, 0.3) is 0 Å². The number of aliphatic hydroxyl groups is 1. The number of hydrogen-bond acceptors (Lipinski definition) is 2. The third-order valence-corrected chi connectivity index (χ3v) is 3.26. The predicted octanol–water partition coefficient (Wildman–Crippen LogP) is 0.990. The van der Waals surface area contributed by atoms with E-state index in [2.05, 4.69) is 0 Å². The number of hydrogen-bond donors (Lipinski definition) is 2. The number of carbonyl (C=O) groups is 1. The molecule has 0 aliphatic carbocycles. The molecule has 0 radical (unpaired) electrons. The fraction of sp³-hybridized carbons (Fsp3) is 0.889. The van der Waals surface area contributed by atoms with Gasteiger partial charge in [0, 0.05) is 6.04 Å². The molecule has 2 saturated heterocycles. The molecule has 0 aromatic carbocycles. The lowest BCUT2D eigenvalue weighted by atomic mass is 9.82. The monoisotopic (exact) mass is 203 g/mol. The van der Waals surface area contributed by atoms with Gasteiger partial charge in [0.05, 0.1) is 12.1 Å². The maximum absolute atomic E-state index is 13.5. The summed E-state index contributed by atoms with van der Waals surface area (Å²) in [5.74, 6) is 0. The van der Waals surface area contributed by atoms with E-state index in [0.29, 0.717) is 6.42 Å². The van der Waals surface area contributed by atoms with Crippen LogP contribution in [0.15, 0.2) is 0 Å². The molecule has 2 fully saturated rings. The number of nitrogens with zero attached hydrogens (tertiary/aromatic N) is 1. The number of aliphatic hydroxyl groups excluding tert-OH is 1. The second-order valence-corrected chi connectivity index (χ2v) is 4.09. The first kappa shape index (κ1) is 9.71. The van der Waals surface area contributed by atoms with Gasteiger partial charge in [0.15, 0.2) is 0 Å². The van der Waals surface area contributed by atoms with Gasteiger partial charge in [-0.25, -0.2) is 9.18 Å². The minimum atomic E-state index is -1.41. The SMILES string of the molecule is O=C(O)N1[C@@H]2CCC[C@H]1[C@H](F)[C@H](O)C2. The van der Waals surface area contributed by atoms with Gasteiger partial charge in [-0.1, -0.05) is 0 Å². The Labute approximate surface area is 81.3 Å². The van der Waals surface area contributed by atoms with Crippen LogP contribution in [0.25, 0.3) is 0 Å². The van der Waals surface area contributed by atoms with E-state index in [0.717, 1.165) is 12.8 Å². The number of rotatable bonds is 0. The van der Waals surface area contributed by atoms with Gasteiger partial charge in [0.2, 0.25) is 0 Å². The number of carboxylic acid groups (broad SMARTS) is 1. The summed E-state index contributed by atoms with van der Waals surface area (Å²) >= 11 is 0. The van der Waals surface area contributed by atoms with Crippen molar-refractivity contribution in [3.05, 3.63) is 0 Å². The molecule has 2 aliphatic rings. The minimum Gasteiger partial charge on any atom is -0.465 e. The van der Waals surface area contributed by atoms with E-state index in [-0.39, 0.29) is 12.5 Å². The second kappa shape index (κ2) is 3.38. The first-order valence-corrected chi connectivity index (χ1v) is 4.94. The summed E-state index contributed by atoms with van der Waals surface area (Å²) in [6, 6.07) is -0.816. The van der Waals surface area contributed by atoms with Crippen molar-refractivity contribution >= 4 is 6.09 Å². The largest absolute Gasteiger partial charge is 0.465 e. The van der Waals surface area contributed by atoms with Crippen molar-refractivity contribution in [2.75, 3.05) is 0 Å². The van der Waals surface area contributed by atoms with Gasteiger partial charge in [-0.3, -0.25) is 4.90 Å². The lowest BCUT2D eigenvalue weighted by Crippen LogP contribution is -2.61. The van der Waals surface area contributed by atoms with Gasteiger partial charge in [-0.2, -0.15) is 0 Å². The minimum absolute atomic E-state index is 0.187. The van der Waals surface area contributed by atoms with E-state index in [9.17, 15) is 14.3 Å². The Balaban J connectivity index is 2.22. The molecule has 2 rings (SSSR count). The maximum Gasteiger partial charge on any atom is 0.407 e. The lowest BCUT2D eigenvalue weighted by Gasteiger charge is -2.47. The summed E-state index contributed by atoms with van der Waals surface area (Å²) in [5.41, 5.74) is 0. The van der Waals surface area contributed by atoms with Crippen molar-refractivity contribution < 1.29 is 19.4 Å². The van der Waals surface area contributed by atoms with E-state index in [1.807, 2.05) is 0 Å². The molecule has 1 amide bonds. The standard InChI is InChI=1S/C9H14FNO3/c10-8-6-3-1-2-5(4-7(8)12)11(6)9(13)14/h5-8,12H,1-4H2,(H,13,14)/t5-,6+,7-,8+/m1/s1. The van der Waals surface area contributed by atoms with Crippen molar-refractivity contribution in [3.63, 3.8) is 0 Å². The fourth-order valence-corrected chi connectivity index (χ4v) is 2.62. The molecule has 0 unspecified atom stereocenters. The van der Waals surface area contributed by atoms with Crippen molar-refractivity contribution in [1.82, 2.24) is 4.90 Å². The zero-order valence-corrected chi connectivity index (χ0v) is 7.77. The van der Waals surface area contributed by atoms with Crippen molar-refractivity contribution in [2.24, 2.45) is 0 Å². The topological polar surface area (TPSA) is 60.8 Å². The van der Waals surface area contributed by atoms with Crippen LogP contribution in [-0.2, 0) is 0 Å². The van der Waals surface area contributed by atoms with Crippen LogP contribution < -0.4 is 0 Å². The van der Waals surface area contributed by atoms with Crippen molar-refractivity contribution in [3.8, 4) is 0 Å². The van der Waals surface area contributed by atoms with E-state index < -0.39 is 24.4 Å². The molecule has 2 N–H and O–H groups in total. The summed E-state index contributed by atoms with van der Waals surface area (Å²) in [6.45, 7) is 0. The Morgan fingerprint density at radius 2 is 2.14 bits per heavy atom. The normalized spacial score (nSPS) is 42.3. The zero-order valence-electron chi connectivity index (χ0n) is 7.77. The highest BCUT2D eigenvalue weighted by Gasteiger charge is 2.46. The number of fused-ring (bicyclic) bond motifs is 2. The number of halogens is 1. The Morgan fingerprint density at radius 1 is 1.43 bits per heavy atom. The van der Waals surface area contributed by atoms with Crippen LogP contribution in [-0.4, -0.2) is 45.6 Å². The molecule has 2 aliphatic heterocycles. The smallest absolute Gasteiger partial charge is 0.407 e. The second-order valence-electron chi connectivity index (χ2n) is 4.09.